The van der Waals surface area contributed by atoms with Crippen molar-refractivity contribution in [1.29, 1.82) is 0 Å². The number of aliphatic hydroxyl groups excluding tert-OH is 1. The normalized spacial score (nSPS) is 13.5. The molecular weight excluding hydrogens is 307 g/mol. The Hall–Kier alpha value is -1.28. The van der Waals surface area contributed by atoms with E-state index in [9.17, 15) is 23.1 Å². The summed E-state index contributed by atoms with van der Waals surface area (Å²) < 4.78 is 37.5. The van der Waals surface area contributed by atoms with Gasteiger partial charge in [0.05, 0.1) is 5.56 Å². The molecule has 0 fully saturated rings. The maximum absolute atomic E-state index is 12.5. The van der Waals surface area contributed by atoms with Crippen molar-refractivity contribution in [2.24, 2.45) is 0 Å². The first-order chi connectivity index (χ1) is 7.64. The highest BCUT2D eigenvalue weighted by atomic mass is 79.9. The second kappa shape index (κ2) is 4.53. The number of anilines is 1. The smallest absolute Gasteiger partial charge is 0.418 e. The average Bonchev–Trinajstić information content (AvgIpc) is 2.14. The molecule has 0 spiro atoms. The molecule has 1 atom stereocenters. The molecule has 0 bridgehead atoms. The number of nitrogens with two attached hydrogens (primary N) is 1. The Morgan fingerprint density at radius 1 is 1.41 bits per heavy atom. The lowest BCUT2D eigenvalue weighted by Crippen LogP contribution is -2.15. The van der Waals surface area contributed by atoms with E-state index in [-0.39, 0.29) is 4.47 Å². The first-order valence-corrected chi connectivity index (χ1v) is 5.01. The lowest BCUT2D eigenvalue weighted by atomic mass is 10.0. The summed E-state index contributed by atoms with van der Waals surface area (Å²) in [4.78, 5) is 10.5. The number of carboxylic acid groups (broad SMARTS) is 1. The van der Waals surface area contributed by atoms with E-state index < -0.39 is 35.1 Å². The molecule has 4 N–H and O–H groups in total. The predicted molar refractivity (Wildman–Crippen MR) is 56.2 cm³/mol. The first kappa shape index (κ1) is 13.8. The number of alkyl halides is 3. The van der Waals surface area contributed by atoms with E-state index in [1.807, 2.05) is 0 Å². The number of aliphatic carboxylic acids is 1. The zero-order chi connectivity index (χ0) is 13.4. The highest BCUT2D eigenvalue weighted by Crippen LogP contribution is 2.38. The Balaban J connectivity index is 3.39. The number of carboxylic acids is 1. The molecule has 4 nitrogen and oxygen atoms in total. The largest absolute Gasteiger partial charge is 0.479 e. The van der Waals surface area contributed by atoms with Gasteiger partial charge in [-0.3, -0.25) is 0 Å². The van der Waals surface area contributed by atoms with E-state index in [0.717, 1.165) is 6.07 Å². The summed E-state index contributed by atoms with van der Waals surface area (Å²) in [6.07, 6.45) is -6.76. The highest BCUT2D eigenvalue weighted by molar-refractivity contribution is 9.10. The molecule has 0 aromatic heterocycles. The lowest BCUT2D eigenvalue weighted by Gasteiger charge is -2.15. The molecule has 1 aromatic carbocycles. The van der Waals surface area contributed by atoms with Gasteiger partial charge in [0.15, 0.2) is 6.10 Å². The van der Waals surface area contributed by atoms with E-state index in [2.05, 4.69) is 15.9 Å². The molecule has 0 heterocycles. The summed E-state index contributed by atoms with van der Waals surface area (Å²) in [6.45, 7) is 0. The molecule has 1 unspecified atom stereocenters. The minimum atomic E-state index is -4.71. The SMILES string of the molecule is Nc1cc(Br)c(C(O)C(=O)O)cc1C(F)(F)F. The van der Waals surface area contributed by atoms with Crippen LogP contribution in [0.5, 0.6) is 0 Å². The number of benzene rings is 1. The molecule has 0 amide bonds. The number of aliphatic hydroxyl groups is 1. The van der Waals surface area contributed by atoms with Gasteiger partial charge in [-0.15, -0.1) is 0 Å². The van der Waals surface area contributed by atoms with E-state index in [1.54, 1.807) is 0 Å². The van der Waals surface area contributed by atoms with Crippen LogP contribution in [0.15, 0.2) is 16.6 Å². The van der Waals surface area contributed by atoms with Crippen LogP contribution in [0.3, 0.4) is 0 Å². The monoisotopic (exact) mass is 313 g/mol. The molecule has 0 saturated carbocycles. The standard InChI is InChI=1S/C9H7BrF3NO3/c10-5-2-6(14)4(9(11,12)13)1-3(5)7(15)8(16)17/h1-2,7,15H,14H2,(H,16,17). The third-order valence-corrected chi connectivity index (χ3v) is 2.69. The number of hydrogen-bond acceptors (Lipinski definition) is 3. The Morgan fingerprint density at radius 3 is 2.35 bits per heavy atom. The van der Waals surface area contributed by atoms with Gasteiger partial charge >= 0.3 is 12.1 Å². The topological polar surface area (TPSA) is 83.5 Å². The Morgan fingerprint density at radius 2 is 1.94 bits per heavy atom. The second-order valence-corrected chi connectivity index (χ2v) is 4.05. The fraction of sp³-hybridized carbons (Fsp3) is 0.222. The van der Waals surface area contributed by atoms with Crippen LogP contribution >= 0.6 is 15.9 Å². The van der Waals surface area contributed by atoms with Crippen molar-refractivity contribution in [2.45, 2.75) is 12.3 Å². The van der Waals surface area contributed by atoms with Crippen molar-refractivity contribution >= 4 is 27.6 Å². The van der Waals surface area contributed by atoms with E-state index in [1.165, 1.54) is 0 Å². The number of hydrogen-bond donors (Lipinski definition) is 3. The maximum atomic E-state index is 12.5. The van der Waals surface area contributed by atoms with Crippen LogP contribution < -0.4 is 5.73 Å². The molecular formula is C9H7BrF3NO3. The Bertz CT molecular complexity index is 462. The number of halogens is 4. The summed E-state index contributed by atoms with van der Waals surface area (Å²) >= 11 is 2.85. The Labute approximate surface area is 102 Å². The van der Waals surface area contributed by atoms with E-state index in [4.69, 9.17) is 10.8 Å². The zero-order valence-electron chi connectivity index (χ0n) is 8.12. The van der Waals surface area contributed by atoms with E-state index in [0.29, 0.717) is 6.07 Å². The van der Waals surface area contributed by atoms with Gasteiger partial charge in [0.25, 0.3) is 0 Å². The summed E-state index contributed by atoms with van der Waals surface area (Å²) in [5.41, 5.74) is 3.04. The molecule has 0 aliphatic rings. The molecule has 0 radical (unpaired) electrons. The predicted octanol–water partition coefficient (Wildman–Crippen LogP) is 2.17. The van der Waals surface area contributed by atoms with Gasteiger partial charge in [0, 0.05) is 15.7 Å². The van der Waals surface area contributed by atoms with Crippen molar-refractivity contribution in [1.82, 2.24) is 0 Å². The minimum absolute atomic E-state index is 0.00194. The lowest BCUT2D eigenvalue weighted by molar-refractivity contribution is -0.147. The second-order valence-electron chi connectivity index (χ2n) is 3.20. The fourth-order valence-electron chi connectivity index (χ4n) is 1.19. The van der Waals surface area contributed by atoms with Crippen LogP contribution in [0.2, 0.25) is 0 Å². The number of carbonyl (C=O) groups is 1. The van der Waals surface area contributed by atoms with Crippen LogP contribution in [0, 0.1) is 0 Å². The molecule has 8 heteroatoms. The third-order valence-electron chi connectivity index (χ3n) is 2.00. The summed E-state index contributed by atoms with van der Waals surface area (Å²) in [7, 11) is 0. The Kier molecular flexibility index (Phi) is 3.68. The highest BCUT2D eigenvalue weighted by Gasteiger charge is 2.35. The first-order valence-electron chi connectivity index (χ1n) is 4.21. The van der Waals surface area contributed by atoms with Crippen molar-refractivity contribution < 1.29 is 28.2 Å². The van der Waals surface area contributed by atoms with Crippen LogP contribution in [0.25, 0.3) is 0 Å². The molecule has 0 saturated heterocycles. The molecule has 1 rings (SSSR count). The van der Waals surface area contributed by atoms with Gasteiger partial charge in [-0.2, -0.15) is 13.2 Å². The van der Waals surface area contributed by atoms with Gasteiger partial charge in [-0.25, -0.2) is 4.79 Å². The summed E-state index contributed by atoms with van der Waals surface area (Å²) in [5.74, 6) is -1.65. The average molecular weight is 314 g/mol. The van der Waals surface area contributed by atoms with Gasteiger partial charge in [-0.05, 0) is 12.1 Å². The summed E-state index contributed by atoms with van der Waals surface area (Å²) in [6, 6.07) is 1.42. The van der Waals surface area contributed by atoms with Gasteiger partial charge in [0.1, 0.15) is 0 Å². The van der Waals surface area contributed by atoms with Crippen molar-refractivity contribution in [2.75, 3.05) is 5.73 Å². The third kappa shape index (κ3) is 2.89. The van der Waals surface area contributed by atoms with Gasteiger partial charge in [-0.1, -0.05) is 15.9 Å². The minimum Gasteiger partial charge on any atom is -0.479 e. The molecule has 0 aliphatic carbocycles. The zero-order valence-corrected chi connectivity index (χ0v) is 9.71. The molecule has 17 heavy (non-hydrogen) atoms. The fourth-order valence-corrected chi connectivity index (χ4v) is 1.77. The quantitative estimate of drug-likeness (QED) is 0.731. The van der Waals surface area contributed by atoms with Crippen molar-refractivity contribution in [3.63, 3.8) is 0 Å². The van der Waals surface area contributed by atoms with Gasteiger partial charge in [0.2, 0.25) is 0 Å². The molecule has 1 aromatic rings. The van der Waals surface area contributed by atoms with Crippen LogP contribution in [0.4, 0.5) is 18.9 Å². The van der Waals surface area contributed by atoms with Crippen LogP contribution in [0.1, 0.15) is 17.2 Å². The molecule has 94 valence electrons. The molecule has 0 aliphatic heterocycles. The van der Waals surface area contributed by atoms with Crippen LogP contribution in [-0.4, -0.2) is 16.2 Å². The van der Waals surface area contributed by atoms with Crippen molar-refractivity contribution in [3.8, 4) is 0 Å². The van der Waals surface area contributed by atoms with Crippen molar-refractivity contribution in [3.05, 3.63) is 27.7 Å². The number of rotatable bonds is 2. The maximum Gasteiger partial charge on any atom is 0.418 e. The van der Waals surface area contributed by atoms with Gasteiger partial charge < -0.3 is 15.9 Å². The van der Waals surface area contributed by atoms with Crippen LogP contribution in [-0.2, 0) is 11.0 Å². The summed E-state index contributed by atoms with van der Waals surface area (Å²) in [5, 5.41) is 17.8. The number of nitrogen functional groups attached to an aromatic ring is 1. The van der Waals surface area contributed by atoms with E-state index >= 15 is 0 Å².